The quantitative estimate of drug-likeness (QED) is 0.177. The summed E-state index contributed by atoms with van der Waals surface area (Å²) in [4.78, 5) is 2.33. The van der Waals surface area contributed by atoms with E-state index in [2.05, 4.69) is 188 Å². The van der Waals surface area contributed by atoms with Crippen molar-refractivity contribution in [1.29, 1.82) is 0 Å². The van der Waals surface area contributed by atoms with E-state index in [0.717, 1.165) is 12.1 Å². The number of anilines is 1. The fourth-order valence-corrected chi connectivity index (χ4v) is 5.34. The highest BCUT2D eigenvalue weighted by atomic mass is 15.1. The largest absolute Gasteiger partial charge is 0.317 e. The van der Waals surface area contributed by atoms with E-state index >= 15 is 0 Å². The van der Waals surface area contributed by atoms with E-state index in [-0.39, 0.29) is 0 Å². The molecule has 1 heteroatoms. The number of rotatable bonds is 8. The second kappa shape index (κ2) is 13.0. The van der Waals surface area contributed by atoms with Crippen LogP contribution in [0.15, 0.2) is 176 Å². The standard InChI is InChI=1S/C41H35N/c1-32-22-26-38(27-23-32)42(31-41(36-18-10-4-11-19-36)37-20-12-5-13-21-37)39-28-24-33(25-29-39)30-40(34-14-6-2-7-15-34)35-16-8-3-9-17-35/h2-22,24-32H,23H2,1H3. The zero-order valence-corrected chi connectivity index (χ0v) is 24.0. The molecule has 0 heterocycles. The molecule has 42 heavy (non-hydrogen) atoms. The Labute approximate surface area is 250 Å². The Balaban J connectivity index is 1.43. The van der Waals surface area contributed by atoms with Crippen LogP contribution in [0.4, 0.5) is 5.69 Å². The average Bonchev–Trinajstić information content (AvgIpc) is 3.07. The van der Waals surface area contributed by atoms with Gasteiger partial charge < -0.3 is 4.90 Å². The van der Waals surface area contributed by atoms with Crippen LogP contribution in [-0.4, -0.2) is 0 Å². The molecule has 1 aliphatic rings. The van der Waals surface area contributed by atoms with Crippen LogP contribution in [0.3, 0.4) is 0 Å². The van der Waals surface area contributed by atoms with Crippen molar-refractivity contribution in [3.63, 3.8) is 0 Å². The van der Waals surface area contributed by atoms with Crippen molar-refractivity contribution in [3.8, 4) is 0 Å². The number of hydrogen-bond donors (Lipinski definition) is 0. The summed E-state index contributed by atoms with van der Waals surface area (Å²) in [6.45, 7) is 2.27. The summed E-state index contributed by atoms with van der Waals surface area (Å²) in [5.74, 6) is 0.546. The maximum absolute atomic E-state index is 2.35. The third-order valence-corrected chi connectivity index (χ3v) is 7.65. The minimum atomic E-state index is 0.546. The molecule has 5 aromatic rings. The molecule has 0 radical (unpaired) electrons. The molecule has 0 bridgehead atoms. The minimum Gasteiger partial charge on any atom is -0.317 e. The Kier molecular flexibility index (Phi) is 8.38. The molecule has 0 fully saturated rings. The van der Waals surface area contributed by atoms with Gasteiger partial charge in [0.25, 0.3) is 0 Å². The highest BCUT2D eigenvalue weighted by molar-refractivity contribution is 5.91. The second-order valence-electron chi connectivity index (χ2n) is 10.7. The lowest BCUT2D eigenvalue weighted by Crippen LogP contribution is -2.17. The third kappa shape index (κ3) is 6.43. The molecule has 1 unspecified atom stereocenters. The first-order valence-corrected chi connectivity index (χ1v) is 14.7. The first-order chi connectivity index (χ1) is 20.7. The van der Waals surface area contributed by atoms with Crippen molar-refractivity contribution >= 4 is 22.9 Å². The van der Waals surface area contributed by atoms with Gasteiger partial charge in [-0.3, -0.25) is 0 Å². The molecule has 0 saturated carbocycles. The molecule has 0 amide bonds. The van der Waals surface area contributed by atoms with Crippen LogP contribution in [0.25, 0.3) is 17.2 Å². The van der Waals surface area contributed by atoms with E-state index in [0.29, 0.717) is 5.92 Å². The van der Waals surface area contributed by atoms with Crippen LogP contribution >= 0.6 is 0 Å². The van der Waals surface area contributed by atoms with Crippen molar-refractivity contribution in [1.82, 2.24) is 0 Å². The Morgan fingerprint density at radius 3 is 1.45 bits per heavy atom. The Hall–Kier alpha value is -5.14. The molecule has 6 rings (SSSR count). The third-order valence-electron chi connectivity index (χ3n) is 7.65. The summed E-state index contributed by atoms with van der Waals surface area (Å²) < 4.78 is 0. The van der Waals surface area contributed by atoms with Crippen LogP contribution in [0, 0.1) is 5.92 Å². The monoisotopic (exact) mass is 541 g/mol. The molecular weight excluding hydrogens is 506 g/mol. The first kappa shape index (κ1) is 27.1. The van der Waals surface area contributed by atoms with E-state index in [1.165, 1.54) is 44.7 Å². The zero-order chi connectivity index (χ0) is 28.6. The Bertz CT molecular complexity index is 1630. The topological polar surface area (TPSA) is 3.24 Å². The van der Waals surface area contributed by atoms with Gasteiger partial charge in [0.05, 0.1) is 0 Å². The molecule has 1 aliphatic carbocycles. The molecule has 0 N–H and O–H groups in total. The fraction of sp³-hybridized carbons (Fsp3) is 0.0732. The fourth-order valence-electron chi connectivity index (χ4n) is 5.34. The van der Waals surface area contributed by atoms with Gasteiger partial charge in [-0.05, 0) is 70.0 Å². The van der Waals surface area contributed by atoms with Crippen molar-refractivity contribution in [2.24, 2.45) is 5.92 Å². The van der Waals surface area contributed by atoms with Gasteiger partial charge in [-0.25, -0.2) is 0 Å². The van der Waals surface area contributed by atoms with E-state index in [9.17, 15) is 0 Å². The molecule has 204 valence electrons. The first-order valence-electron chi connectivity index (χ1n) is 14.7. The lowest BCUT2D eigenvalue weighted by Gasteiger charge is -2.26. The summed E-state index contributed by atoms with van der Waals surface area (Å²) in [7, 11) is 0. The maximum atomic E-state index is 2.35. The molecule has 0 aliphatic heterocycles. The van der Waals surface area contributed by atoms with Crippen molar-refractivity contribution in [2.75, 3.05) is 4.90 Å². The predicted octanol–water partition coefficient (Wildman–Crippen LogP) is 10.7. The van der Waals surface area contributed by atoms with Gasteiger partial charge in [0, 0.05) is 23.2 Å². The van der Waals surface area contributed by atoms with Crippen LogP contribution in [0.1, 0.15) is 41.2 Å². The van der Waals surface area contributed by atoms with Crippen molar-refractivity contribution in [3.05, 3.63) is 204 Å². The average molecular weight is 542 g/mol. The zero-order valence-electron chi connectivity index (χ0n) is 24.0. The SMILES string of the molecule is CC1C=CC(N(C=C(c2ccccc2)c2ccccc2)c2ccc(C=C(c3ccccc3)c3ccccc3)cc2)=CC1. The maximum Gasteiger partial charge on any atom is 0.0456 e. The van der Waals surface area contributed by atoms with Crippen LogP contribution in [0.5, 0.6) is 0 Å². The van der Waals surface area contributed by atoms with Gasteiger partial charge in [0.1, 0.15) is 0 Å². The van der Waals surface area contributed by atoms with Crippen LogP contribution < -0.4 is 4.90 Å². The van der Waals surface area contributed by atoms with E-state index in [4.69, 9.17) is 0 Å². The van der Waals surface area contributed by atoms with E-state index in [1.807, 2.05) is 0 Å². The predicted molar refractivity (Wildman–Crippen MR) is 180 cm³/mol. The summed E-state index contributed by atoms with van der Waals surface area (Å²) in [6.07, 6.45) is 12.5. The van der Waals surface area contributed by atoms with Gasteiger partial charge >= 0.3 is 0 Å². The lowest BCUT2D eigenvalue weighted by molar-refractivity contribution is 0.728. The molecule has 1 nitrogen and oxygen atoms in total. The molecule has 5 aromatic carbocycles. The van der Waals surface area contributed by atoms with E-state index in [1.54, 1.807) is 0 Å². The van der Waals surface area contributed by atoms with Gasteiger partial charge in [0.2, 0.25) is 0 Å². The second-order valence-corrected chi connectivity index (χ2v) is 10.7. The smallest absolute Gasteiger partial charge is 0.0456 e. The summed E-state index contributed by atoms with van der Waals surface area (Å²) in [5.41, 5.74) is 10.7. The van der Waals surface area contributed by atoms with Crippen molar-refractivity contribution in [2.45, 2.75) is 13.3 Å². The van der Waals surface area contributed by atoms with Crippen LogP contribution in [-0.2, 0) is 0 Å². The molecule has 0 spiro atoms. The molecule has 0 saturated heterocycles. The van der Waals surface area contributed by atoms with Gasteiger partial charge in [0.15, 0.2) is 0 Å². The van der Waals surface area contributed by atoms with E-state index < -0.39 is 0 Å². The Morgan fingerprint density at radius 1 is 0.571 bits per heavy atom. The van der Waals surface area contributed by atoms with Crippen LogP contribution in [0.2, 0.25) is 0 Å². The van der Waals surface area contributed by atoms with Gasteiger partial charge in [-0.2, -0.15) is 0 Å². The molecule has 0 aromatic heterocycles. The number of allylic oxidation sites excluding steroid dienone is 3. The Morgan fingerprint density at radius 2 is 1.02 bits per heavy atom. The lowest BCUT2D eigenvalue weighted by atomic mass is 9.95. The number of nitrogens with zero attached hydrogens (tertiary/aromatic N) is 1. The van der Waals surface area contributed by atoms with Crippen molar-refractivity contribution < 1.29 is 0 Å². The molecule has 1 atom stereocenters. The normalized spacial score (nSPS) is 14.0. The van der Waals surface area contributed by atoms with Gasteiger partial charge in [-0.1, -0.05) is 153 Å². The highest BCUT2D eigenvalue weighted by Gasteiger charge is 2.15. The summed E-state index contributed by atoms with van der Waals surface area (Å²) >= 11 is 0. The molecular formula is C41H35N. The summed E-state index contributed by atoms with van der Waals surface area (Å²) in [5, 5.41) is 0. The number of hydrogen-bond acceptors (Lipinski definition) is 1. The minimum absolute atomic E-state index is 0.546. The number of benzene rings is 5. The van der Waals surface area contributed by atoms with Gasteiger partial charge in [-0.15, -0.1) is 0 Å². The highest BCUT2D eigenvalue weighted by Crippen LogP contribution is 2.32. The summed E-state index contributed by atoms with van der Waals surface area (Å²) in [6, 6.07) is 51.5.